The lowest BCUT2D eigenvalue weighted by atomic mass is 10.2. The van der Waals surface area contributed by atoms with Gasteiger partial charge in [0.1, 0.15) is 0 Å². The highest BCUT2D eigenvalue weighted by molar-refractivity contribution is 5.56. The van der Waals surface area contributed by atoms with Crippen LogP contribution in [0.4, 0.5) is 0 Å². The smallest absolute Gasteiger partial charge is 0.0579 e. The third kappa shape index (κ3) is 2.85. The molecule has 0 N–H and O–H groups in total. The van der Waals surface area contributed by atoms with Crippen LogP contribution in [0.1, 0.15) is 20.8 Å². The molecule has 0 aromatic carbocycles. The first-order valence-corrected chi connectivity index (χ1v) is 3.03. The van der Waals surface area contributed by atoms with Crippen LogP contribution in [-0.4, -0.2) is 6.21 Å². The second-order valence-corrected chi connectivity index (χ2v) is 1.81. The number of hydrogen-bond donors (Lipinski definition) is 0. The minimum atomic E-state index is 0.847. The van der Waals surface area contributed by atoms with Crippen molar-refractivity contribution < 1.29 is 0 Å². The van der Waals surface area contributed by atoms with Crippen molar-refractivity contribution in [3.05, 3.63) is 23.9 Å². The normalized spacial score (nSPS) is 12.6. The van der Waals surface area contributed by atoms with Crippen LogP contribution >= 0.6 is 0 Å². The summed E-state index contributed by atoms with van der Waals surface area (Å²) >= 11 is 0. The van der Waals surface area contributed by atoms with Gasteiger partial charge in [-0.2, -0.15) is 0 Å². The molecule has 0 rings (SSSR count). The molecule has 0 aliphatic heterocycles. The highest BCUT2D eigenvalue weighted by atomic mass is 14.7. The van der Waals surface area contributed by atoms with Crippen molar-refractivity contribution in [2.75, 3.05) is 0 Å². The summed E-state index contributed by atoms with van der Waals surface area (Å²) in [6.45, 7) is 9.61. The van der Waals surface area contributed by atoms with Gasteiger partial charge in [-0.05, 0) is 26.3 Å². The van der Waals surface area contributed by atoms with Crippen molar-refractivity contribution in [3.63, 3.8) is 0 Å². The molecule has 50 valence electrons. The molecule has 0 atom stereocenters. The Morgan fingerprint density at radius 1 is 1.44 bits per heavy atom. The molecule has 0 heterocycles. The van der Waals surface area contributed by atoms with E-state index in [0.717, 1.165) is 11.3 Å². The monoisotopic (exact) mass is 123 g/mol. The molecule has 0 radical (unpaired) electrons. The van der Waals surface area contributed by atoms with Crippen molar-refractivity contribution in [1.29, 1.82) is 0 Å². The summed E-state index contributed by atoms with van der Waals surface area (Å²) in [6, 6.07) is 0. The van der Waals surface area contributed by atoms with Crippen LogP contribution < -0.4 is 0 Å². The summed E-state index contributed by atoms with van der Waals surface area (Å²) < 4.78 is 0. The minimum Gasteiger partial charge on any atom is -0.262 e. The summed E-state index contributed by atoms with van der Waals surface area (Å²) in [7, 11) is 0. The molecule has 0 amide bonds. The Bertz CT molecular complexity index is 152. The number of allylic oxidation sites excluding steroid dienone is 2. The first kappa shape index (κ1) is 8.15. The van der Waals surface area contributed by atoms with Gasteiger partial charge in [-0.3, -0.25) is 4.99 Å². The molecule has 0 aliphatic rings. The number of hydrogen-bond acceptors (Lipinski definition) is 1. The maximum absolute atomic E-state index is 4.01. The van der Waals surface area contributed by atoms with E-state index in [-0.39, 0.29) is 0 Å². The van der Waals surface area contributed by atoms with Gasteiger partial charge in [0.05, 0.1) is 5.70 Å². The van der Waals surface area contributed by atoms with Crippen molar-refractivity contribution in [2.24, 2.45) is 4.99 Å². The van der Waals surface area contributed by atoms with E-state index >= 15 is 0 Å². The van der Waals surface area contributed by atoms with E-state index in [1.165, 1.54) is 0 Å². The molecule has 0 saturated carbocycles. The fraction of sp³-hybridized carbons (Fsp3) is 0.375. The van der Waals surface area contributed by atoms with E-state index in [9.17, 15) is 0 Å². The van der Waals surface area contributed by atoms with Gasteiger partial charge in [0, 0.05) is 6.21 Å². The van der Waals surface area contributed by atoms with Crippen molar-refractivity contribution in [1.82, 2.24) is 0 Å². The van der Waals surface area contributed by atoms with Gasteiger partial charge in [0.15, 0.2) is 0 Å². The van der Waals surface area contributed by atoms with Gasteiger partial charge < -0.3 is 0 Å². The summed E-state index contributed by atoms with van der Waals surface area (Å²) in [5, 5.41) is 0. The highest BCUT2D eigenvalue weighted by Gasteiger charge is 1.87. The quantitative estimate of drug-likeness (QED) is 0.395. The van der Waals surface area contributed by atoms with Gasteiger partial charge >= 0.3 is 0 Å². The Labute approximate surface area is 56.8 Å². The molecular formula is C8H13N. The van der Waals surface area contributed by atoms with Crippen molar-refractivity contribution in [2.45, 2.75) is 20.8 Å². The van der Waals surface area contributed by atoms with Gasteiger partial charge in [-0.1, -0.05) is 12.7 Å². The molecular weight excluding hydrogens is 110 g/mol. The molecule has 0 unspecified atom stereocenters. The maximum atomic E-state index is 4.01. The first-order chi connectivity index (χ1) is 4.22. The Hall–Kier alpha value is -0.850. The predicted molar refractivity (Wildman–Crippen MR) is 42.7 cm³/mol. The van der Waals surface area contributed by atoms with Crippen LogP contribution in [0.3, 0.4) is 0 Å². The molecule has 0 saturated heterocycles. The predicted octanol–water partition coefficient (Wildman–Crippen LogP) is 2.56. The molecule has 0 aromatic heterocycles. The molecule has 0 aliphatic carbocycles. The van der Waals surface area contributed by atoms with E-state index in [1.54, 1.807) is 6.21 Å². The average molecular weight is 123 g/mol. The topological polar surface area (TPSA) is 12.4 Å². The molecule has 0 aromatic rings. The van der Waals surface area contributed by atoms with Gasteiger partial charge in [-0.25, -0.2) is 0 Å². The molecule has 1 heteroatoms. The zero-order valence-corrected chi connectivity index (χ0v) is 6.31. The Kier molecular flexibility index (Phi) is 3.69. The fourth-order valence-corrected chi connectivity index (χ4v) is 0.424. The molecule has 0 bridgehead atoms. The fourth-order valence-electron chi connectivity index (χ4n) is 0.424. The SMILES string of the molecule is C=C(N=CC)C(C)=CC. The van der Waals surface area contributed by atoms with Crippen molar-refractivity contribution in [3.8, 4) is 0 Å². The minimum absolute atomic E-state index is 0.847. The van der Waals surface area contributed by atoms with E-state index in [4.69, 9.17) is 0 Å². The zero-order valence-electron chi connectivity index (χ0n) is 6.31. The summed E-state index contributed by atoms with van der Waals surface area (Å²) in [5.41, 5.74) is 1.98. The lowest BCUT2D eigenvalue weighted by Crippen LogP contribution is -1.76. The summed E-state index contributed by atoms with van der Waals surface area (Å²) in [4.78, 5) is 4.01. The molecule has 0 fully saturated rings. The number of rotatable bonds is 2. The van der Waals surface area contributed by atoms with Crippen LogP contribution in [-0.2, 0) is 0 Å². The van der Waals surface area contributed by atoms with Crippen LogP contribution in [0.2, 0.25) is 0 Å². The Morgan fingerprint density at radius 3 is 2.33 bits per heavy atom. The first-order valence-electron chi connectivity index (χ1n) is 3.03. The summed E-state index contributed by atoms with van der Waals surface area (Å²) in [6.07, 6.45) is 3.74. The maximum Gasteiger partial charge on any atom is 0.0579 e. The van der Waals surface area contributed by atoms with Crippen LogP contribution in [0.25, 0.3) is 0 Å². The van der Waals surface area contributed by atoms with Crippen LogP contribution in [0.5, 0.6) is 0 Å². The summed E-state index contributed by atoms with van der Waals surface area (Å²) in [5.74, 6) is 0. The standard InChI is InChI=1S/C8H13N/c1-5-7(3)8(4)9-6-2/h5-6H,4H2,1-3H3. The van der Waals surface area contributed by atoms with Crippen molar-refractivity contribution >= 4 is 6.21 Å². The number of nitrogens with zero attached hydrogens (tertiary/aromatic N) is 1. The average Bonchev–Trinajstić information content (AvgIpc) is 1.87. The lowest BCUT2D eigenvalue weighted by molar-refractivity contribution is 1.29. The second kappa shape index (κ2) is 4.07. The second-order valence-electron chi connectivity index (χ2n) is 1.81. The van der Waals surface area contributed by atoms with Crippen LogP contribution in [0, 0.1) is 0 Å². The van der Waals surface area contributed by atoms with Crippen LogP contribution in [0.15, 0.2) is 28.9 Å². The van der Waals surface area contributed by atoms with Gasteiger partial charge in [0.2, 0.25) is 0 Å². The third-order valence-electron chi connectivity index (χ3n) is 1.17. The van der Waals surface area contributed by atoms with Gasteiger partial charge in [-0.15, -0.1) is 0 Å². The zero-order chi connectivity index (χ0) is 7.28. The van der Waals surface area contributed by atoms with Gasteiger partial charge in [0.25, 0.3) is 0 Å². The Morgan fingerprint density at radius 2 is 2.00 bits per heavy atom. The Balaban J connectivity index is 4.05. The third-order valence-corrected chi connectivity index (χ3v) is 1.17. The lowest BCUT2D eigenvalue weighted by Gasteiger charge is -1.94. The molecule has 1 nitrogen and oxygen atoms in total. The van der Waals surface area contributed by atoms with E-state index in [1.807, 2.05) is 26.8 Å². The molecule has 0 spiro atoms. The highest BCUT2D eigenvalue weighted by Crippen LogP contribution is 2.05. The van der Waals surface area contributed by atoms with E-state index in [2.05, 4.69) is 11.6 Å². The van der Waals surface area contributed by atoms with E-state index in [0.29, 0.717) is 0 Å². The molecule has 9 heavy (non-hydrogen) atoms. The van der Waals surface area contributed by atoms with E-state index < -0.39 is 0 Å². The number of aliphatic imine (C=N–C) groups is 1. The largest absolute Gasteiger partial charge is 0.262 e.